The summed E-state index contributed by atoms with van der Waals surface area (Å²) in [7, 11) is 0. The molecule has 0 atom stereocenters. The van der Waals surface area contributed by atoms with E-state index < -0.39 is 0 Å². The fourth-order valence-electron chi connectivity index (χ4n) is 2.94. The van der Waals surface area contributed by atoms with Gasteiger partial charge in [0, 0.05) is 0 Å². The van der Waals surface area contributed by atoms with Crippen LogP contribution < -0.4 is 14.8 Å². The van der Waals surface area contributed by atoms with Crippen molar-refractivity contribution in [2.24, 2.45) is 0 Å². The van der Waals surface area contributed by atoms with Crippen molar-refractivity contribution in [1.82, 2.24) is 10.3 Å². The number of para-hydroxylation sites is 2. The number of hydrogen-bond donors (Lipinski definition) is 1. The Morgan fingerprint density at radius 2 is 2.00 bits per heavy atom. The summed E-state index contributed by atoms with van der Waals surface area (Å²) in [5.41, 5.74) is 1.40. The average molecular weight is 378 g/mol. The molecule has 0 fully saturated rings. The monoisotopic (exact) mass is 378 g/mol. The first kappa shape index (κ1) is 15.9. The van der Waals surface area contributed by atoms with Crippen LogP contribution in [0.4, 0.5) is 0 Å². The lowest BCUT2D eigenvalue weighted by molar-refractivity contribution is 0.0943. The molecule has 5 rings (SSSR count). The van der Waals surface area contributed by atoms with Crippen LogP contribution in [-0.4, -0.2) is 17.7 Å². The number of thiazole rings is 1. The molecule has 3 heterocycles. The van der Waals surface area contributed by atoms with Crippen molar-refractivity contribution in [2.45, 2.75) is 6.54 Å². The second kappa shape index (κ2) is 6.44. The van der Waals surface area contributed by atoms with Crippen molar-refractivity contribution in [3.8, 4) is 22.3 Å². The van der Waals surface area contributed by atoms with Gasteiger partial charge in [-0.2, -0.15) is 0 Å². The van der Waals surface area contributed by atoms with E-state index in [1.54, 1.807) is 29.5 Å². The SMILES string of the molecule is O=C(NCc1ccc(-c2nc3ccccc3s2)o1)c1cccc2c1OCO2. The number of nitrogens with one attached hydrogen (secondary N) is 1. The van der Waals surface area contributed by atoms with Gasteiger partial charge >= 0.3 is 0 Å². The molecule has 1 amide bonds. The molecule has 6 nitrogen and oxygen atoms in total. The number of carbonyl (C=O) groups is 1. The topological polar surface area (TPSA) is 73.6 Å². The molecule has 0 unspecified atom stereocenters. The molecule has 2 aromatic heterocycles. The Kier molecular flexibility index (Phi) is 3.79. The number of ether oxygens (including phenoxy) is 2. The van der Waals surface area contributed by atoms with Gasteiger partial charge in [0.25, 0.3) is 5.91 Å². The minimum Gasteiger partial charge on any atom is -0.457 e. The van der Waals surface area contributed by atoms with Crippen molar-refractivity contribution in [1.29, 1.82) is 0 Å². The summed E-state index contributed by atoms with van der Waals surface area (Å²) in [6, 6.07) is 16.9. The van der Waals surface area contributed by atoms with Crippen LogP contribution in [-0.2, 0) is 6.54 Å². The Balaban J connectivity index is 1.31. The highest BCUT2D eigenvalue weighted by Gasteiger charge is 2.21. The fourth-order valence-corrected chi connectivity index (χ4v) is 3.86. The van der Waals surface area contributed by atoms with E-state index in [1.165, 1.54) is 0 Å². The van der Waals surface area contributed by atoms with Gasteiger partial charge in [0.2, 0.25) is 6.79 Å². The van der Waals surface area contributed by atoms with Crippen LogP contribution in [0, 0.1) is 0 Å². The number of rotatable bonds is 4. The summed E-state index contributed by atoms with van der Waals surface area (Å²) in [5, 5.41) is 3.67. The van der Waals surface area contributed by atoms with Crippen LogP contribution in [0.25, 0.3) is 21.0 Å². The molecule has 134 valence electrons. The van der Waals surface area contributed by atoms with Gasteiger partial charge in [-0.3, -0.25) is 4.79 Å². The lowest BCUT2D eigenvalue weighted by atomic mass is 10.1. The first-order chi connectivity index (χ1) is 13.3. The highest BCUT2D eigenvalue weighted by atomic mass is 32.1. The predicted octanol–water partition coefficient (Wildman–Crippen LogP) is 4.22. The molecule has 1 aliphatic heterocycles. The highest BCUT2D eigenvalue weighted by Crippen LogP contribution is 2.35. The highest BCUT2D eigenvalue weighted by molar-refractivity contribution is 7.21. The smallest absolute Gasteiger partial charge is 0.255 e. The summed E-state index contributed by atoms with van der Waals surface area (Å²) in [5.74, 6) is 2.17. The van der Waals surface area contributed by atoms with Gasteiger partial charge in [0.05, 0.1) is 22.3 Å². The molecule has 0 radical (unpaired) electrons. The molecule has 0 bridgehead atoms. The zero-order chi connectivity index (χ0) is 18.2. The van der Waals surface area contributed by atoms with E-state index in [0.717, 1.165) is 15.2 Å². The third-order valence-electron chi connectivity index (χ3n) is 4.23. The zero-order valence-electron chi connectivity index (χ0n) is 14.1. The maximum absolute atomic E-state index is 12.5. The normalized spacial score (nSPS) is 12.4. The molecule has 0 saturated carbocycles. The van der Waals surface area contributed by atoms with E-state index in [4.69, 9.17) is 13.9 Å². The summed E-state index contributed by atoms with van der Waals surface area (Å²) >= 11 is 1.58. The van der Waals surface area contributed by atoms with Gasteiger partial charge in [0.1, 0.15) is 5.76 Å². The Hall–Kier alpha value is -3.32. The molecule has 7 heteroatoms. The maximum atomic E-state index is 12.5. The quantitative estimate of drug-likeness (QED) is 0.576. The Bertz CT molecular complexity index is 1110. The number of aromatic nitrogens is 1. The molecule has 1 N–H and O–H groups in total. The number of benzene rings is 2. The van der Waals surface area contributed by atoms with Crippen LogP contribution in [0.3, 0.4) is 0 Å². The number of amides is 1. The van der Waals surface area contributed by atoms with Gasteiger partial charge in [0.15, 0.2) is 22.3 Å². The zero-order valence-corrected chi connectivity index (χ0v) is 14.9. The van der Waals surface area contributed by atoms with Crippen molar-refractivity contribution < 1.29 is 18.7 Å². The average Bonchev–Trinajstić information content (AvgIpc) is 3.43. The third kappa shape index (κ3) is 2.92. The molecule has 0 saturated heterocycles. The van der Waals surface area contributed by atoms with Crippen LogP contribution in [0.15, 0.2) is 59.0 Å². The number of fused-ring (bicyclic) bond motifs is 2. The summed E-state index contributed by atoms with van der Waals surface area (Å²) in [6.07, 6.45) is 0. The number of hydrogen-bond acceptors (Lipinski definition) is 6. The van der Waals surface area contributed by atoms with E-state index in [1.807, 2.05) is 36.4 Å². The van der Waals surface area contributed by atoms with Gasteiger partial charge in [-0.05, 0) is 36.4 Å². The van der Waals surface area contributed by atoms with Crippen LogP contribution in [0.2, 0.25) is 0 Å². The first-order valence-electron chi connectivity index (χ1n) is 8.39. The first-order valence-corrected chi connectivity index (χ1v) is 9.21. The van der Waals surface area contributed by atoms with E-state index in [2.05, 4.69) is 10.3 Å². The van der Waals surface area contributed by atoms with Crippen molar-refractivity contribution in [3.63, 3.8) is 0 Å². The second-order valence-electron chi connectivity index (χ2n) is 5.97. The Morgan fingerprint density at radius 3 is 2.93 bits per heavy atom. The molecule has 2 aromatic carbocycles. The summed E-state index contributed by atoms with van der Waals surface area (Å²) in [6.45, 7) is 0.400. The largest absolute Gasteiger partial charge is 0.457 e. The summed E-state index contributed by atoms with van der Waals surface area (Å²) in [4.78, 5) is 17.1. The lowest BCUT2D eigenvalue weighted by Crippen LogP contribution is -2.22. The number of nitrogens with zero attached hydrogens (tertiary/aromatic N) is 1. The predicted molar refractivity (Wildman–Crippen MR) is 101 cm³/mol. The minimum absolute atomic E-state index is 0.128. The maximum Gasteiger partial charge on any atom is 0.255 e. The molecular weight excluding hydrogens is 364 g/mol. The molecule has 27 heavy (non-hydrogen) atoms. The molecule has 0 aliphatic carbocycles. The lowest BCUT2D eigenvalue weighted by Gasteiger charge is -2.06. The number of carbonyl (C=O) groups excluding carboxylic acids is 1. The fraction of sp³-hybridized carbons (Fsp3) is 0.100. The Labute approximate surface area is 158 Å². The van der Waals surface area contributed by atoms with Crippen molar-refractivity contribution >= 4 is 27.5 Å². The standard InChI is InChI=1S/C20H14N2O4S/c23-19(13-4-3-6-15-18(13)25-11-24-15)21-10-12-8-9-16(26-12)20-22-14-5-1-2-7-17(14)27-20/h1-9H,10-11H2,(H,21,23). The van der Waals surface area contributed by atoms with Crippen molar-refractivity contribution in [3.05, 3.63) is 65.9 Å². The van der Waals surface area contributed by atoms with Gasteiger partial charge < -0.3 is 19.2 Å². The minimum atomic E-state index is -0.240. The van der Waals surface area contributed by atoms with Gasteiger partial charge in [-0.15, -0.1) is 11.3 Å². The molecule has 1 aliphatic rings. The van der Waals surface area contributed by atoms with E-state index >= 15 is 0 Å². The van der Waals surface area contributed by atoms with Crippen LogP contribution in [0.5, 0.6) is 11.5 Å². The van der Waals surface area contributed by atoms with Gasteiger partial charge in [-0.1, -0.05) is 18.2 Å². The van der Waals surface area contributed by atoms with E-state index in [-0.39, 0.29) is 19.2 Å². The van der Waals surface area contributed by atoms with Crippen LogP contribution in [0.1, 0.15) is 16.1 Å². The molecule has 0 spiro atoms. The third-order valence-corrected chi connectivity index (χ3v) is 5.28. The van der Waals surface area contributed by atoms with E-state index in [9.17, 15) is 4.79 Å². The molecule has 4 aromatic rings. The summed E-state index contributed by atoms with van der Waals surface area (Å²) < 4.78 is 17.6. The van der Waals surface area contributed by atoms with E-state index in [0.29, 0.717) is 28.6 Å². The van der Waals surface area contributed by atoms with Crippen molar-refractivity contribution in [2.75, 3.05) is 6.79 Å². The number of furan rings is 1. The van der Waals surface area contributed by atoms with Gasteiger partial charge in [-0.25, -0.2) is 4.98 Å². The van der Waals surface area contributed by atoms with Crippen LogP contribution >= 0.6 is 11.3 Å². The Morgan fingerprint density at radius 1 is 1.07 bits per heavy atom. The second-order valence-corrected chi connectivity index (χ2v) is 7.01. The molecular formula is C20H14N2O4S.